The summed E-state index contributed by atoms with van der Waals surface area (Å²) in [6.45, 7) is 0. The van der Waals surface area contributed by atoms with Crippen LogP contribution in [0.1, 0.15) is 10.5 Å². The lowest BCUT2D eigenvalue weighted by atomic mass is 10.5. The maximum atomic E-state index is 11.1. The number of carbonyl (C=O) groups is 1. The molecule has 5 nitrogen and oxygen atoms in total. The Morgan fingerprint density at radius 2 is 2.41 bits per heavy atom. The summed E-state index contributed by atoms with van der Waals surface area (Å²) < 4.78 is 1.78. The second kappa shape index (κ2) is 4.27. The fourth-order valence-corrected chi connectivity index (χ4v) is 2.99. The van der Waals surface area contributed by atoms with Crippen molar-refractivity contribution in [1.29, 1.82) is 0 Å². The second-order valence-electron chi connectivity index (χ2n) is 3.13. The van der Waals surface area contributed by atoms with E-state index < -0.39 is 0 Å². The molecule has 0 atom stereocenters. The Morgan fingerprint density at radius 1 is 1.47 bits per heavy atom. The lowest BCUT2D eigenvalue weighted by Crippen LogP contribution is -1.89. The van der Waals surface area contributed by atoms with Gasteiger partial charge in [-0.3, -0.25) is 9.20 Å². The molecular formula is C10H6N4OS2. The van der Waals surface area contributed by atoms with Gasteiger partial charge in [0.15, 0.2) is 11.2 Å². The van der Waals surface area contributed by atoms with Gasteiger partial charge in [-0.15, -0.1) is 11.3 Å². The Kier molecular flexibility index (Phi) is 2.62. The van der Waals surface area contributed by atoms with E-state index in [2.05, 4.69) is 15.0 Å². The van der Waals surface area contributed by atoms with Crippen molar-refractivity contribution in [2.45, 2.75) is 10.1 Å². The largest absolute Gasteiger partial charge is 0.296 e. The van der Waals surface area contributed by atoms with E-state index in [0.29, 0.717) is 10.7 Å². The molecule has 3 heterocycles. The molecule has 0 saturated heterocycles. The van der Waals surface area contributed by atoms with Crippen molar-refractivity contribution in [3.8, 4) is 0 Å². The molecule has 0 aliphatic rings. The van der Waals surface area contributed by atoms with Crippen molar-refractivity contribution in [3.05, 3.63) is 35.9 Å². The first-order valence-corrected chi connectivity index (χ1v) is 6.42. The molecule has 0 aromatic carbocycles. The molecule has 17 heavy (non-hydrogen) atoms. The van der Waals surface area contributed by atoms with Crippen LogP contribution in [0.5, 0.6) is 0 Å². The number of rotatable bonds is 3. The lowest BCUT2D eigenvalue weighted by molar-refractivity contribution is 0.111. The third-order valence-electron chi connectivity index (χ3n) is 2.13. The molecular weight excluding hydrogens is 256 g/mol. The number of imidazole rings is 1. The van der Waals surface area contributed by atoms with Gasteiger partial charge in [0.05, 0.1) is 0 Å². The van der Waals surface area contributed by atoms with Crippen LogP contribution in [0, 0.1) is 0 Å². The number of aromatic nitrogens is 4. The number of hydrogen-bond acceptors (Lipinski definition) is 6. The van der Waals surface area contributed by atoms with E-state index in [1.807, 2.05) is 11.6 Å². The van der Waals surface area contributed by atoms with Gasteiger partial charge in [-0.1, -0.05) is 0 Å². The fraction of sp³-hybridized carbons (Fsp3) is 0. The second-order valence-corrected chi connectivity index (χ2v) is 5.01. The summed E-state index contributed by atoms with van der Waals surface area (Å²) in [7, 11) is 0. The maximum absolute atomic E-state index is 11.1. The summed E-state index contributed by atoms with van der Waals surface area (Å²) in [5.74, 6) is 0. The first-order chi connectivity index (χ1) is 8.38. The standard InChI is InChI=1S/C10H6N4OS2/c15-5-7-9(13-10-14(7)3-4-16-10)17-8-1-2-11-6-12-8/h1-6H. The number of thiazole rings is 1. The van der Waals surface area contributed by atoms with Gasteiger partial charge in [-0.2, -0.15) is 0 Å². The molecule has 0 aliphatic carbocycles. The molecule has 0 saturated carbocycles. The molecule has 0 aliphatic heterocycles. The minimum atomic E-state index is 0.560. The highest BCUT2D eigenvalue weighted by Crippen LogP contribution is 2.29. The lowest BCUT2D eigenvalue weighted by Gasteiger charge is -1.96. The molecule has 3 aromatic heterocycles. The van der Waals surface area contributed by atoms with Gasteiger partial charge in [0.1, 0.15) is 22.1 Å². The highest BCUT2D eigenvalue weighted by atomic mass is 32.2. The summed E-state index contributed by atoms with van der Waals surface area (Å²) in [5.41, 5.74) is 0.560. The zero-order valence-corrected chi connectivity index (χ0v) is 10.1. The summed E-state index contributed by atoms with van der Waals surface area (Å²) in [6.07, 6.45) is 5.78. The van der Waals surface area contributed by atoms with Crippen molar-refractivity contribution in [2.75, 3.05) is 0 Å². The van der Waals surface area contributed by atoms with Crippen molar-refractivity contribution >= 4 is 34.3 Å². The van der Waals surface area contributed by atoms with Crippen LogP contribution < -0.4 is 0 Å². The van der Waals surface area contributed by atoms with Gasteiger partial charge in [-0.05, 0) is 17.8 Å². The normalized spacial score (nSPS) is 10.8. The van der Waals surface area contributed by atoms with E-state index in [-0.39, 0.29) is 0 Å². The van der Waals surface area contributed by atoms with Crippen molar-refractivity contribution in [2.24, 2.45) is 0 Å². The Labute approximate surface area is 105 Å². The zero-order chi connectivity index (χ0) is 11.7. The summed E-state index contributed by atoms with van der Waals surface area (Å²) in [6, 6.07) is 1.78. The van der Waals surface area contributed by atoms with Crippen LogP contribution in [0.3, 0.4) is 0 Å². The highest BCUT2D eigenvalue weighted by Gasteiger charge is 2.13. The van der Waals surface area contributed by atoms with E-state index in [4.69, 9.17) is 0 Å². The van der Waals surface area contributed by atoms with E-state index >= 15 is 0 Å². The summed E-state index contributed by atoms with van der Waals surface area (Å²) >= 11 is 2.86. The quantitative estimate of drug-likeness (QED) is 0.534. The number of aldehydes is 1. The first kappa shape index (κ1) is 10.4. The zero-order valence-electron chi connectivity index (χ0n) is 8.48. The van der Waals surface area contributed by atoms with E-state index in [0.717, 1.165) is 16.3 Å². The van der Waals surface area contributed by atoms with Crippen LogP contribution in [-0.4, -0.2) is 25.6 Å². The number of nitrogens with zero attached hydrogens (tertiary/aromatic N) is 4. The maximum Gasteiger partial charge on any atom is 0.195 e. The molecule has 84 valence electrons. The molecule has 0 unspecified atom stereocenters. The molecule has 0 amide bonds. The monoisotopic (exact) mass is 262 g/mol. The van der Waals surface area contributed by atoms with Crippen molar-refractivity contribution in [1.82, 2.24) is 19.4 Å². The third kappa shape index (κ3) is 1.83. The Balaban J connectivity index is 2.05. The number of hydrogen-bond donors (Lipinski definition) is 0. The van der Waals surface area contributed by atoms with E-state index in [1.54, 1.807) is 16.7 Å². The smallest absolute Gasteiger partial charge is 0.195 e. The van der Waals surface area contributed by atoms with Crippen LogP contribution in [0.2, 0.25) is 0 Å². The Morgan fingerprint density at radius 3 is 3.18 bits per heavy atom. The molecule has 0 fully saturated rings. The summed E-state index contributed by atoms with van der Waals surface area (Å²) in [4.78, 5) is 24.2. The molecule has 3 rings (SSSR count). The third-order valence-corrected chi connectivity index (χ3v) is 3.83. The SMILES string of the molecule is O=Cc1c(Sc2ccncn2)nc2sccn12. The van der Waals surface area contributed by atoms with Crippen LogP contribution >= 0.6 is 23.1 Å². The Bertz CT molecular complexity index is 661. The van der Waals surface area contributed by atoms with Crippen LogP contribution in [0.4, 0.5) is 0 Å². The van der Waals surface area contributed by atoms with Crippen LogP contribution in [0.25, 0.3) is 4.96 Å². The first-order valence-electron chi connectivity index (χ1n) is 4.73. The fourth-order valence-electron chi connectivity index (χ4n) is 1.40. The van der Waals surface area contributed by atoms with Gasteiger partial charge >= 0.3 is 0 Å². The van der Waals surface area contributed by atoms with E-state index in [1.165, 1.54) is 29.4 Å². The molecule has 0 bridgehead atoms. The topological polar surface area (TPSA) is 60.2 Å². The van der Waals surface area contributed by atoms with E-state index in [9.17, 15) is 4.79 Å². The van der Waals surface area contributed by atoms with Crippen LogP contribution in [0.15, 0.2) is 40.2 Å². The molecule has 7 heteroatoms. The van der Waals surface area contributed by atoms with Gasteiger partial charge in [0.2, 0.25) is 0 Å². The van der Waals surface area contributed by atoms with Crippen molar-refractivity contribution < 1.29 is 4.79 Å². The van der Waals surface area contributed by atoms with Gasteiger partial charge in [0.25, 0.3) is 0 Å². The molecule has 0 spiro atoms. The van der Waals surface area contributed by atoms with Gasteiger partial charge < -0.3 is 0 Å². The average molecular weight is 262 g/mol. The molecule has 0 radical (unpaired) electrons. The predicted molar refractivity (Wildman–Crippen MR) is 64.6 cm³/mol. The van der Waals surface area contributed by atoms with Crippen LogP contribution in [-0.2, 0) is 0 Å². The number of carbonyl (C=O) groups excluding carboxylic acids is 1. The van der Waals surface area contributed by atoms with Gasteiger partial charge in [-0.25, -0.2) is 15.0 Å². The predicted octanol–water partition coefficient (Wildman–Crippen LogP) is 2.15. The average Bonchev–Trinajstić information content (AvgIpc) is 2.90. The minimum Gasteiger partial charge on any atom is -0.296 e. The molecule has 0 N–H and O–H groups in total. The summed E-state index contributed by atoms with van der Waals surface area (Å²) in [5, 5.41) is 3.34. The highest BCUT2D eigenvalue weighted by molar-refractivity contribution is 7.99. The minimum absolute atomic E-state index is 0.560. The number of fused-ring (bicyclic) bond motifs is 1. The van der Waals surface area contributed by atoms with Gasteiger partial charge in [0, 0.05) is 17.8 Å². The van der Waals surface area contributed by atoms with Crippen molar-refractivity contribution in [3.63, 3.8) is 0 Å². The molecule has 3 aromatic rings. The Hall–Kier alpha value is -1.73.